The highest BCUT2D eigenvalue weighted by atomic mass is 16.2. The first-order valence-electron chi connectivity index (χ1n) is 7.15. The van der Waals surface area contributed by atoms with Crippen molar-refractivity contribution in [1.29, 1.82) is 0 Å². The van der Waals surface area contributed by atoms with Crippen LogP contribution < -0.4 is 5.32 Å². The van der Waals surface area contributed by atoms with Crippen LogP contribution in [0.2, 0.25) is 0 Å². The summed E-state index contributed by atoms with van der Waals surface area (Å²) in [6, 6.07) is 1.39. The summed E-state index contributed by atoms with van der Waals surface area (Å²) in [5, 5.41) is 3.42. The van der Waals surface area contributed by atoms with Gasteiger partial charge in [0.15, 0.2) is 0 Å². The maximum absolute atomic E-state index is 12.6. The molecule has 1 heterocycles. The Balaban J connectivity index is 1.99. The van der Waals surface area contributed by atoms with E-state index >= 15 is 0 Å². The van der Waals surface area contributed by atoms with E-state index in [1.807, 2.05) is 0 Å². The van der Waals surface area contributed by atoms with E-state index in [0.717, 1.165) is 19.4 Å². The third kappa shape index (κ3) is 2.82. The summed E-state index contributed by atoms with van der Waals surface area (Å²) in [6.45, 7) is 7.48. The first kappa shape index (κ1) is 12.9. The summed E-state index contributed by atoms with van der Waals surface area (Å²) in [6.07, 6.45) is 5.74. The fourth-order valence-electron chi connectivity index (χ4n) is 3.09. The first-order chi connectivity index (χ1) is 8.09. The molecule has 2 fully saturated rings. The fourth-order valence-corrected chi connectivity index (χ4v) is 3.09. The van der Waals surface area contributed by atoms with Crippen molar-refractivity contribution < 1.29 is 4.79 Å². The predicted octanol–water partition coefficient (Wildman–Crippen LogP) is 2.16. The molecule has 98 valence electrons. The Bertz CT molecular complexity index is 273. The third-order valence-electron chi connectivity index (χ3n) is 4.25. The van der Waals surface area contributed by atoms with Crippen LogP contribution >= 0.6 is 0 Å². The molecule has 1 saturated carbocycles. The highest BCUT2D eigenvalue weighted by Crippen LogP contribution is 2.30. The average Bonchev–Trinajstić information content (AvgIpc) is 2.21. The lowest BCUT2D eigenvalue weighted by atomic mass is 9.86. The molecule has 0 bridgehead atoms. The third-order valence-corrected chi connectivity index (χ3v) is 4.25. The molecule has 0 aromatic rings. The van der Waals surface area contributed by atoms with E-state index in [9.17, 15) is 4.79 Å². The highest BCUT2D eigenvalue weighted by Gasteiger charge is 2.35. The van der Waals surface area contributed by atoms with Gasteiger partial charge in [-0.2, -0.15) is 0 Å². The molecule has 0 unspecified atom stereocenters. The Morgan fingerprint density at radius 2 is 2.00 bits per heavy atom. The number of rotatable bonds is 3. The molecular weight excluding hydrogens is 212 g/mol. The van der Waals surface area contributed by atoms with E-state index in [4.69, 9.17) is 0 Å². The van der Waals surface area contributed by atoms with Gasteiger partial charge in [-0.05, 0) is 59.4 Å². The molecule has 17 heavy (non-hydrogen) atoms. The number of hydrogen-bond acceptors (Lipinski definition) is 2. The molecule has 1 amide bonds. The summed E-state index contributed by atoms with van der Waals surface area (Å²) in [5.41, 5.74) is 0. The monoisotopic (exact) mass is 238 g/mol. The van der Waals surface area contributed by atoms with Gasteiger partial charge in [0.1, 0.15) is 0 Å². The lowest BCUT2D eigenvalue weighted by Crippen LogP contribution is -2.52. The molecule has 2 aliphatic rings. The quantitative estimate of drug-likeness (QED) is 0.817. The number of amides is 1. The van der Waals surface area contributed by atoms with Crippen LogP contribution in [0.15, 0.2) is 0 Å². The van der Waals surface area contributed by atoms with Crippen molar-refractivity contribution in [1.82, 2.24) is 10.2 Å². The number of nitrogens with zero attached hydrogens (tertiary/aromatic N) is 1. The van der Waals surface area contributed by atoms with Gasteiger partial charge in [-0.15, -0.1) is 0 Å². The smallest absolute Gasteiger partial charge is 0.226 e. The number of hydrogen-bond donors (Lipinski definition) is 1. The van der Waals surface area contributed by atoms with Crippen molar-refractivity contribution in [3.05, 3.63) is 0 Å². The van der Waals surface area contributed by atoms with Crippen LogP contribution in [-0.4, -0.2) is 35.5 Å². The van der Waals surface area contributed by atoms with Crippen molar-refractivity contribution >= 4 is 5.91 Å². The Labute approximate surface area is 105 Å². The van der Waals surface area contributed by atoms with Crippen LogP contribution in [0.4, 0.5) is 0 Å². The van der Waals surface area contributed by atoms with E-state index < -0.39 is 0 Å². The molecule has 0 spiro atoms. The summed E-state index contributed by atoms with van der Waals surface area (Å²) in [7, 11) is 0. The van der Waals surface area contributed by atoms with Crippen LogP contribution in [0, 0.1) is 5.92 Å². The second-order valence-corrected chi connectivity index (χ2v) is 6.00. The van der Waals surface area contributed by atoms with Crippen molar-refractivity contribution in [2.45, 2.75) is 71.0 Å². The zero-order valence-corrected chi connectivity index (χ0v) is 11.4. The number of nitrogens with one attached hydrogen (secondary N) is 1. The van der Waals surface area contributed by atoms with Gasteiger partial charge in [0.2, 0.25) is 5.91 Å². The molecule has 1 aliphatic heterocycles. The van der Waals surface area contributed by atoms with E-state index in [1.165, 1.54) is 19.3 Å². The predicted molar refractivity (Wildman–Crippen MR) is 69.8 cm³/mol. The number of piperidine rings is 1. The van der Waals surface area contributed by atoms with Gasteiger partial charge in [-0.1, -0.05) is 0 Å². The topological polar surface area (TPSA) is 32.3 Å². The second kappa shape index (κ2) is 5.38. The van der Waals surface area contributed by atoms with E-state index in [2.05, 4.69) is 31.0 Å². The minimum absolute atomic E-state index is 0.259. The number of carbonyl (C=O) groups is 1. The lowest BCUT2D eigenvalue weighted by Gasteiger charge is -2.43. The molecule has 0 aromatic heterocycles. The molecule has 2 atom stereocenters. The first-order valence-corrected chi connectivity index (χ1v) is 7.15. The fraction of sp³-hybridized carbons (Fsp3) is 0.929. The molecule has 0 aromatic carbocycles. The molecule has 1 aliphatic carbocycles. The number of carbonyl (C=O) groups excluding carboxylic acids is 1. The van der Waals surface area contributed by atoms with Crippen LogP contribution in [0.25, 0.3) is 0 Å². The van der Waals surface area contributed by atoms with Crippen LogP contribution in [0.3, 0.4) is 0 Å². The Morgan fingerprint density at radius 3 is 2.47 bits per heavy atom. The maximum Gasteiger partial charge on any atom is 0.226 e. The zero-order chi connectivity index (χ0) is 12.4. The second-order valence-electron chi connectivity index (χ2n) is 6.00. The van der Waals surface area contributed by atoms with E-state index in [1.54, 1.807) is 0 Å². The summed E-state index contributed by atoms with van der Waals surface area (Å²) in [5.74, 6) is 0.673. The minimum Gasteiger partial charge on any atom is -0.337 e. The van der Waals surface area contributed by atoms with Gasteiger partial charge in [-0.25, -0.2) is 0 Å². The SMILES string of the molecule is CC(C)N(C(=O)[C@H]1CCN[C@@H](C)C1)C1CCC1. The Kier molecular flexibility index (Phi) is 4.08. The normalized spacial score (nSPS) is 30.1. The Hall–Kier alpha value is -0.570. The standard InChI is InChI=1S/C14H26N2O/c1-10(2)16(13-5-4-6-13)14(17)12-7-8-15-11(3)9-12/h10-13,15H,4-9H2,1-3H3/t11-,12-/m0/s1. The van der Waals surface area contributed by atoms with Gasteiger partial charge < -0.3 is 10.2 Å². The van der Waals surface area contributed by atoms with Gasteiger partial charge >= 0.3 is 0 Å². The molecular formula is C14H26N2O. The van der Waals surface area contributed by atoms with Gasteiger partial charge in [-0.3, -0.25) is 4.79 Å². The summed E-state index contributed by atoms with van der Waals surface area (Å²) >= 11 is 0. The molecule has 1 N–H and O–H groups in total. The van der Waals surface area contributed by atoms with Gasteiger partial charge in [0.25, 0.3) is 0 Å². The molecule has 2 rings (SSSR count). The zero-order valence-electron chi connectivity index (χ0n) is 11.4. The molecule has 0 radical (unpaired) electrons. The molecule has 3 heteroatoms. The minimum atomic E-state index is 0.259. The van der Waals surface area contributed by atoms with Crippen molar-refractivity contribution in [3.63, 3.8) is 0 Å². The molecule has 1 saturated heterocycles. The van der Waals surface area contributed by atoms with Crippen LogP contribution in [-0.2, 0) is 4.79 Å². The summed E-state index contributed by atoms with van der Waals surface area (Å²) in [4.78, 5) is 14.8. The summed E-state index contributed by atoms with van der Waals surface area (Å²) < 4.78 is 0. The van der Waals surface area contributed by atoms with Gasteiger partial charge in [0.05, 0.1) is 0 Å². The van der Waals surface area contributed by atoms with Crippen molar-refractivity contribution in [2.24, 2.45) is 5.92 Å². The van der Waals surface area contributed by atoms with Gasteiger partial charge in [0, 0.05) is 24.0 Å². The average molecular weight is 238 g/mol. The molecule has 3 nitrogen and oxygen atoms in total. The van der Waals surface area contributed by atoms with Crippen LogP contribution in [0.5, 0.6) is 0 Å². The van der Waals surface area contributed by atoms with Crippen LogP contribution in [0.1, 0.15) is 52.9 Å². The van der Waals surface area contributed by atoms with Crippen molar-refractivity contribution in [2.75, 3.05) is 6.54 Å². The Morgan fingerprint density at radius 1 is 1.29 bits per heavy atom. The largest absolute Gasteiger partial charge is 0.337 e. The maximum atomic E-state index is 12.6. The van der Waals surface area contributed by atoms with Crippen molar-refractivity contribution in [3.8, 4) is 0 Å². The van der Waals surface area contributed by atoms with E-state index in [0.29, 0.717) is 24.0 Å². The highest BCUT2D eigenvalue weighted by molar-refractivity contribution is 5.79. The lowest BCUT2D eigenvalue weighted by molar-refractivity contribution is -0.143. The van der Waals surface area contributed by atoms with E-state index in [-0.39, 0.29) is 5.92 Å².